The molecule has 6 heteroatoms. The van der Waals surface area contributed by atoms with Crippen molar-refractivity contribution in [1.82, 2.24) is 10.2 Å². The lowest BCUT2D eigenvalue weighted by atomic mass is 10.3. The highest BCUT2D eigenvalue weighted by Gasteiger charge is 2.11. The first-order valence-corrected chi connectivity index (χ1v) is 5.38. The van der Waals surface area contributed by atoms with Crippen LogP contribution in [0.25, 0.3) is 10.6 Å². The zero-order valence-electron chi connectivity index (χ0n) is 6.82. The molecule has 2 rings (SSSR count). The Kier molecular flexibility index (Phi) is 2.39. The fourth-order valence-electron chi connectivity index (χ4n) is 1.03. The summed E-state index contributed by atoms with van der Waals surface area (Å²) < 4.78 is 0.933. The van der Waals surface area contributed by atoms with E-state index < -0.39 is 5.97 Å². The Morgan fingerprint density at radius 2 is 2.43 bits per heavy atom. The first-order chi connectivity index (χ1) is 6.68. The number of aromatic carboxylic acids is 1. The average molecular weight is 273 g/mol. The Morgan fingerprint density at radius 3 is 2.93 bits per heavy atom. The van der Waals surface area contributed by atoms with Crippen LogP contribution in [0.5, 0.6) is 0 Å². The molecule has 0 aliphatic rings. The van der Waals surface area contributed by atoms with Gasteiger partial charge in [0.2, 0.25) is 0 Å². The third-order valence-electron chi connectivity index (χ3n) is 1.66. The molecule has 0 aliphatic heterocycles. The van der Waals surface area contributed by atoms with Crippen molar-refractivity contribution in [2.75, 3.05) is 0 Å². The number of rotatable bonds is 2. The molecule has 2 aromatic heterocycles. The number of aromatic nitrogens is 2. The highest BCUT2D eigenvalue weighted by Crippen LogP contribution is 2.32. The van der Waals surface area contributed by atoms with Crippen LogP contribution in [0.2, 0.25) is 0 Å². The average Bonchev–Trinajstić information content (AvgIpc) is 2.71. The quantitative estimate of drug-likeness (QED) is 0.883. The van der Waals surface area contributed by atoms with Crippen LogP contribution in [0.1, 0.15) is 10.5 Å². The summed E-state index contributed by atoms with van der Waals surface area (Å²) in [5.41, 5.74) is 0.740. The molecule has 0 spiro atoms. The van der Waals surface area contributed by atoms with Crippen molar-refractivity contribution in [3.63, 3.8) is 0 Å². The highest BCUT2D eigenvalue weighted by atomic mass is 79.9. The maximum Gasteiger partial charge on any atom is 0.356 e. The van der Waals surface area contributed by atoms with Gasteiger partial charge in [0.25, 0.3) is 0 Å². The maximum absolute atomic E-state index is 10.6. The first kappa shape index (κ1) is 9.42. The second-order valence-corrected chi connectivity index (χ2v) is 4.34. The number of halogens is 1. The number of carboxylic acid groups (broad SMARTS) is 1. The van der Waals surface area contributed by atoms with Crippen molar-refractivity contribution < 1.29 is 9.90 Å². The Labute approximate surface area is 91.7 Å². The molecule has 0 saturated carbocycles. The van der Waals surface area contributed by atoms with Gasteiger partial charge in [-0.15, -0.1) is 11.3 Å². The molecule has 0 saturated heterocycles. The van der Waals surface area contributed by atoms with Crippen LogP contribution in [0.3, 0.4) is 0 Å². The number of nitrogens with zero attached hydrogens (tertiary/aromatic N) is 1. The molecule has 14 heavy (non-hydrogen) atoms. The fourth-order valence-corrected chi connectivity index (χ4v) is 2.59. The van der Waals surface area contributed by atoms with E-state index in [1.807, 2.05) is 11.4 Å². The SMILES string of the molecule is O=C(O)c1cc(-c2sccc2Br)[nH]n1. The lowest BCUT2D eigenvalue weighted by Crippen LogP contribution is -1.95. The monoisotopic (exact) mass is 272 g/mol. The number of carbonyl (C=O) groups is 1. The number of hydrogen-bond donors (Lipinski definition) is 2. The van der Waals surface area contributed by atoms with Crippen LogP contribution >= 0.6 is 27.3 Å². The number of carboxylic acids is 1. The van der Waals surface area contributed by atoms with Crippen LogP contribution in [-0.4, -0.2) is 21.3 Å². The van der Waals surface area contributed by atoms with Gasteiger partial charge in [0.1, 0.15) is 0 Å². The van der Waals surface area contributed by atoms with Gasteiger partial charge in [0, 0.05) is 4.47 Å². The first-order valence-electron chi connectivity index (χ1n) is 3.70. The summed E-state index contributed by atoms with van der Waals surface area (Å²) in [4.78, 5) is 11.5. The van der Waals surface area contributed by atoms with E-state index in [1.54, 1.807) is 0 Å². The van der Waals surface area contributed by atoms with E-state index in [1.165, 1.54) is 17.4 Å². The predicted molar refractivity (Wildman–Crippen MR) is 56.6 cm³/mol. The van der Waals surface area contributed by atoms with E-state index in [-0.39, 0.29) is 5.69 Å². The molecule has 2 N–H and O–H groups in total. The van der Waals surface area contributed by atoms with E-state index in [0.717, 1.165) is 9.35 Å². The second-order valence-electron chi connectivity index (χ2n) is 2.57. The van der Waals surface area contributed by atoms with Gasteiger partial charge in [-0.3, -0.25) is 5.10 Å². The molecule has 4 nitrogen and oxygen atoms in total. The van der Waals surface area contributed by atoms with Gasteiger partial charge in [0.15, 0.2) is 5.69 Å². The largest absolute Gasteiger partial charge is 0.476 e. The molecule has 2 heterocycles. The van der Waals surface area contributed by atoms with Gasteiger partial charge in [-0.2, -0.15) is 5.10 Å². The number of H-pyrrole nitrogens is 1. The fraction of sp³-hybridized carbons (Fsp3) is 0. The molecule has 0 amide bonds. The number of nitrogens with one attached hydrogen (secondary N) is 1. The minimum absolute atomic E-state index is 0.0281. The summed E-state index contributed by atoms with van der Waals surface area (Å²) >= 11 is 4.88. The zero-order chi connectivity index (χ0) is 10.1. The lowest BCUT2D eigenvalue weighted by Gasteiger charge is -1.90. The molecule has 0 bridgehead atoms. The molecule has 0 unspecified atom stereocenters. The van der Waals surface area contributed by atoms with Crippen molar-refractivity contribution in [2.45, 2.75) is 0 Å². The smallest absolute Gasteiger partial charge is 0.356 e. The van der Waals surface area contributed by atoms with Gasteiger partial charge in [-0.05, 0) is 33.4 Å². The Hall–Kier alpha value is -1.14. The minimum atomic E-state index is -1.03. The molecule has 0 aliphatic carbocycles. The minimum Gasteiger partial charge on any atom is -0.476 e. The van der Waals surface area contributed by atoms with Crippen molar-refractivity contribution in [2.24, 2.45) is 0 Å². The van der Waals surface area contributed by atoms with Gasteiger partial charge >= 0.3 is 5.97 Å². The molecular weight excluding hydrogens is 268 g/mol. The van der Waals surface area contributed by atoms with E-state index in [4.69, 9.17) is 5.11 Å². The van der Waals surface area contributed by atoms with Crippen LogP contribution in [-0.2, 0) is 0 Å². The lowest BCUT2D eigenvalue weighted by molar-refractivity contribution is 0.0690. The van der Waals surface area contributed by atoms with Gasteiger partial charge in [-0.1, -0.05) is 0 Å². The summed E-state index contributed by atoms with van der Waals surface area (Å²) in [5.74, 6) is -1.03. The molecule has 72 valence electrons. The standard InChI is InChI=1S/C8H5BrN2O2S/c9-4-1-2-14-7(4)5-3-6(8(12)13)11-10-5/h1-3H,(H,10,11)(H,12,13). The van der Waals surface area contributed by atoms with Crippen LogP contribution < -0.4 is 0 Å². The third kappa shape index (κ3) is 1.58. The number of hydrogen-bond acceptors (Lipinski definition) is 3. The van der Waals surface area contributed by atoms with Gasteiger partial charge in [0.05, 0.1) is 10.6 Å². The molecule has 2 aromatic rings. The summed E-state index contributed by atoms with van der Waals surface area (Å²) in [7, 11) is 0. The Bertz CT molecular complexity index is 477. The zero-order valence-corrected chi connectivity index (χ0v) is 9.22. The summed E-state index contributed by atoms with van der Waals surface area (Å²) in [6.45, 7) is 0. The Balaban J connectivity index is 2.43. The van der Waals surface area contributed by atoms with E-state index in [2.05, 4.69) is 26.1 Å². The normalized spacial score (nSPS) is 10.4. The van der Waals surface area contributed by atoms with Gasteiger partial charge < -0.3 is 5.11 Å². The Morgan fingerprint density at radius 1 is 1.64 bits per heavy atom. The van der Waals surface area contributed by atoms with Crippen LogP contribution in [0.15, 0.2) is 22.0 Å². The molecule has 0 radical (unpaired) electrons. The third-order valence-corrected chi connectivity index (χ3v) is 3.53. The molecule has 0 atom stereocenters. The van der Waals surface area contributed by atoms with Crippen molar-refractivity contribution in [3.05, 3.63) is 27.7 Å². The second kappa shape index (κ2) is 3.55. The predicted octanol–water partition coefficient (Wildman–Crippen LogP) is 2.60. The van der Waals surface area contributed by atoms with Crippen molar-refractivity contribution >= 4 is 33.2 Å². The molecular formula is C8H5BrN2O2S. The van der Waals surface area contributed by atoms with Crippen LogP contribution in [0, 0.1) is 0 Å². The van der Waals surface area contributed by atoms with Crippen LogP contribution in [0.4, 0.5) is 0 Å². The maximum atomic E-state index is 10.6. The van der Waals surface area contributed by atoms with Crippen molar-refractivity contribution in [1.29, 1.82) is 0 Å². The summed E-state index contributed by atoms with van der Waals surface area (Å²) in [6.07, 6.45) is 0. The van der Waals surface area contributed by atoms with E-state index >= 15 is 0 Å². The van der Waals surface area contributed by atoms with E-state index in [0.29, 0.717) is 5.69 Å². The highest BCUT2D eigenvalue weighted by molar-refractivity contribution is 9.10. The van der Waals surface area contributed by atoms with Gasteiger partial charge in [-0.25, -0.2) is 4.79 Å². The molecule has 0 fully saturated rings. The van der Waals surface area contributed by atoms with E-state index in [9.17, 15) is 4.79 Å². The molecule has 0 aromatic carbocycles. The summed E-state index contributed by atoms with van der Waals surface area (Å²) in [5, 5.41) is 16.9. The number of thiophene rings is 1. The topological polar surface area (TPSA) is 66.0 Å². The van der Waals surface area contributed by atoms with Crippen molar-refractivity contribution in [3.8, 4) is 10.6 Å². The summed E-state index contributed by atoms with van der Waals surface area (Å²) in [6, 6.07) is 3.42. The number of aromatic amines is 1.